The monoisotopic (exact) mass is 739 g/mol. The van der Waals surface area contributed by atoms with Gasteiger partial charge >= 0.3 is 0 Å². The fourth-order valence-corrected chi connectivity index (χ4v) is 4.38. The van der Waals surface area contributed by atoms with Crippen molar-refractivity contribution >= 4 is 25.4 Å². The number of nitrogens with zero attached hydrogens (tertiary/aromatic N) is 2. The van der Waals surface area contributed by atoms with E-state index < -0.39 is 18.2 Å². The molecule has 50 heavy (non-hydrogen) atoms. The molecule has 18 nitrogen and oxygen atoms in total. The highest BCUT2D eigenvalue weighted by molar-refractivity contribution is 6.69. The van der Waals surface area contributed by atoms with Gasteiger partial charge in [-0.1, -0.05) is 0 Å². The van der Waals surface area contributed by atoms with Crippen molar-refractivity contribution in [2.24, 2.45) is 0 Å². The zero-order valence-electron chi connectivity index (χ0n) is 29.8. The van der Waals surface area contributed by atoms with Crippen molar-refractivity contribution in [1.29, 1.82) is 0 Å². The average Bonchev–Trinajstić information content (AvgIpc) is 3.07. The molecule has 0 saturated heterocycles. The number of anilines is 1. The molecule has 0 aliphatic rings. The number of nitro groups is 2. The summed E-state index contributed by atoms with van der Waals surface area (Å²) in [5.74, 6) is 0. The van der Waals surface area contributed by atoms with Crippen LogP contribution in [-0.2, 0) is 51.8 Å². The zero-order valence-corrected chi connectivity index (χ0v) is 30.8. The molecule has 290 valence electrons. The lowest BCUT2D eigenvalue weighted by Gasteiger charge is -2.16. The second-order valence-corrected chi connectivity index (χ2v) is 15.7. The molecule has 0 bridgehead atoms. The minimum Gasteiger partial charge on any atom is -0.415 e. The molecule has 0 aromatic heterocycles. The summed E-state index contributed by atoms with van der Waals surface area (Å²) in [5.41, 5.74) is -0.524. The minimum absolute atomic E-state index is 0.186. The normalized spacial score (nSPS) is 11.7. The molecule has 0 fully saturated rings. The van der Waals surface area contributed by atoms with Gasteiger partial charge in [0.1, 0.15) is 5.69 Å². The Balaban J connectivity index is 1.72. The van der Waals surface area contributed by atoms with Gasteiger partial charge in [-0.05, 0) is 25.7 Å². The molecule has 0 aliphatic heterocycles. The van der Waals surface area contributed by atoms with Crippen LogP contribution in [0.4, 0.5) is 17.1 Å². The van der Waals surface area contributed by atoms with Crippen LogP contribution in [0.5, 0.6) is 0 Å². The third-order valence-corrected chi connectivity index (χ3v) is 7.13. The fourth-order valence-electron chi connectivity index (χ4n) is 3.68. The van der Waals surface area contributed by atoms with Gasteiger partial charge in [-0.15, -0.1) is 0 Å². The van der Waals surface area contributed by atoms with E-state index in [2.05, 4.69) is 25.0 Å². The summed E-state index contributed by atoms with van der Waals surface area (Å²) in [6.45, 7) is 16.6. The topological polar surface area (TPSA) is 200 Å². The molecule has 0 amide bonds. The first kappa shape index (κ1) is 45.6. The second-order valence-electron chi connectivity index (χ2n) is 11.2. The lowest BCUT2D eigenvalue weighted by molar-refractivity contribution is -0.393. The Labute approximate surface area is 295 Å². The van der Waals surface area contributed by atoms with Crippen LogP contribution in [0.3, 0.4) is 0 Å². The molecule has 1 aromatic rings. The Hall–Kier alpha value is -2.40. The minimum atomic E-state index is -1.47. The molecular weight excluding hydrogens is 682 g/mol. The number of nitro benzene ring substituents is 2. The third kappa shape index (κ3) is 28.3. The smallest absolute Gasteiger partial charge is 0.299 e. The van der Waals surface area contributed by atoms with Gasteiger partial charge < -0.3 is 57.1 Å². The number of rotatable bonds is 37. The predicted octanol–water partition coefficient (Wildman–Crippen LogP) is 2.93. The highest BCUT2D eigenvalue weighted by Crippen LogP contribution is 2.28. The van der Waals surface area contributed by atoms with Crippen molar-refractivity contribution in [3.63, 3.8) is 0 Å². The van der Waals surface area contributed by atoms with Gasteiger partial charge in [0.25, 0.3) is 11.4 Å². The lowest BCUT2D eigenvalue weighted by atomic mass is 10.2. The maximum atomic E-state index is 11.1. The summed E-state index contributed by atoms with van der Waals surface area (Å²) in [4.78, 5) is 20.6. The van der Waals surface area contributed by atoms with Crippen LogP contribution in [0, 0.1) is 20.2 Å². The molecule has 0 atom stereocenters. The molecule has 0 radical (unpaired) electrons. The van der Waals surface area contributed by atoms with Crippen molar-refractivity contribution in [3.8, 4) is 0 Å². The number of non-ortho nitro benzene ring substituents is 1. The first-order chi connectivity index (χ1) is 24.2. The molecule has 1 N–H and O–H groups in total. The standard InChI is InChI=1S/C31H57N3O15Si/c1-50(2,3)49-27-26-48-25-24-47-23-22-46-21-20-45-19-18-44-17-16-43-15-14-42-13-12-41-11-10-40-9-8-39-7-6-32-30-5-4-29(33(35)36)28-31(30)34(37)38/h4-5,28,32H,6-27H2,1-3H3. The van der Waals surface area contributed by atoms with Crippen LogP contribution < -0.4 is 5.32 Å². The number of hydrogen-bond acceptors (Lipinski definition) is 16. The molecule has 0 unspecified atom stereocenters. The Kier molecular flexibility index (Phi) is 28.6. The summed E-state index contributed by atoms with van der Waals surface area (Å²) in [6, 6.07) is 3.43. The van der Waals surface area contributed by atoms with Gasteiger partial charge in [-0.2, -0.15) is 0 Å². The van der Waals surface area contributed by atoms with Gasteiger partial charge in [-0.3, -0.25) is 20.2 Å². The fraction of sp³-hybridized carbons (Fsp3) is 0.806. The van der Waals surface area contributed by atoms with Gasteiger partial charge in [-0.25, -0.2) is 0 Å². The summed E-state index contributed by atoms with van der Waals surface area (Å²) in [6.07, 6.45) is 0. The van der Waals surface area contributed by atoms with E-state index in [1.165, 1.54) is 12.1 Å². The number of hydrogen-bond donors (Lipinski definition) is 1. The first-order valence-electron chi connectivity index (χ1n) is 16.8. The van der Waals surface area contributed by atoms with Gasteiger partial charge in [0.2, 0.25) is 0 Å². The Morgan fingerprint density at radius 1 is 0.500 bits per heavy atom. The molecule has 19 heteroatoms. The lowest BCUT2D eigenvalue weighted by Crippen LogP contribution is -2.27. The summed E-state index contributed by atoms with van der Waals surface area (Å²) in [7, 11) is -1.47. The van der Waals surface area contributed by atoms with Crippen LogP contribution in [0.15, 0.2) is 18.2 Å². The second kappa shape index (κ2) is 31.3. The highest BCUT2D eigenvalue weighted by Gasteiger charge is 2.19. The number of nitrogens with one attached hydrogen (secondary N) is 1. The van der Waals surface area contributed by atoms with Crippen LogP contribution >= 0.6 is 0 Å². The predicted molar refractivity (Wildman–Crippen MR) is 186 cm³/mol. The van der Waals surface area contributed by atoms with Crippen LogP contribution in [0.25, 0.3) is 0 Å². The van der Waals surface area contributed by atoms with E-state index in [1.807, 2.05) is 0 Å². The SMILES string of the molecule is C[Si](C)(C)OCCOCCOCCOCCOCCOCCOCCOCCOCCOCCOCCNc1ccc([N+](=O)[O-])cc1[N+](=O)[O-]. The summed E-state index contributed by atoms with van der Waals surface area (Å²) in [5, 5.41) is 24.8. The zero-order chi connectivity index (χ0) is 36.5. The molecule has 1 rings (SSSR count). The molecule has 0 saturated carbocycles. The van der Waals surface area contributed by atoms with Crippen LogP contribution in [0.2, 0.25) is 19.6 Å². The van der Waals surface area contributed by atoms with Crippen LogP contribution in [-0.4, -0.2) is 163 Å². The van der Waals surface area contributed by atoms with E-state index in [9.17, 15) is 20.2 Å². The largest absolute Gasteiger partial charge is 0.415 e. The van der Waals surface area contributed by atoms with E-state index >= 15 is 0 Å². The van der Waals surface area contributed by atoms with E-state index in [4.69, 9.17) is 51.8 Å². The quantitative estimate of drug-likeness (QED) is 0.0452. The molecule has 0 heterocycles. The highest BCUT2D eigenvalue weighted by atomic mass is 28.4. The maximum Gasteiger partial charge on any atom is 0.299 e. The Bertz CT molecular complexity index is 991. The van der Waals surface area contributed by atoms with Crippen molar-refractivity contribution in [1.82, 2.24) is 0 Å². The number of ether oxygens (including phenoxy) is 10. The van der Waals surface area contributed by atoms with E-state index in [-0.39, 0.29) is 23.7 Å². The molecule has 0 spiro atoms. The van der Waals surface area contributed by atoms with Crippen molar-refractivity contribution in [2.45, 2.75) is 19.6 Å². The van der Waals surface area contributed by atoms with E-state index in [1.54, 1.807) is 0 Å². The van der Waals surface area contributed by atoms with Gasteiger partial charge in [0.05, 0.1) is 155 Å². The van der Waals surface area contributed by atoms with Crippen molar-refractivity contribution in [3.05, 3.63) is 38.4 Å². The Morgan fingerprint density at radius 3 is 1.12 bits per heavy atom. The summed E-state index contributed by atoms with van der Waals surface area (Å²) >= 11 is 0. The van der Waals surface area contributed by atoms with Gasteiger partial charge in [0.15, 0.2) is 8.32 Å². The first-order valence-corrected chi connectivity index (χ1v) is 20.2. The average molecular weight is 740 g/mol. The molecule has 1 aromatic carbocycles. The number of benzene rings is 1. The van der Waals surface area contributed by atoms with Crippen LogP contribution in [0.1, 0.15) is 0 Å². The van der Waals surface area contributed by atoms with Gasteiger partial charge in [0, 0.05) is 12.6 Å². The van der Waals surface area contributed by atoms with Crippen molar-refractivity contribution < 1.29 is 61.6 Å². The van der Waals surface area contributed by atoms with Crippen molar-refractivity contribution in [2.75, 3.05) is 151 Å². The molecular formula is C31H57N3O15Si. The molecule has 0 aliphatic carbocycles. The maximum absolute atomic E-state index is 11.1. The third-order valence-electron chi connectivity index (χ3n) is 6.06. The van der Waals surface area contributed by atoms with E-state index in [0.717, 1.165) is 6.07 Å². The Morgan fingerprint density at radius 2 is 0.820 bits per heavy atom. The summed E-state index contributed by atoms with van der Waals surface area (Å²) < 4.78 is 60.2. The van der Waals surface area contributed by atoms with E-state index in [0.29, 0.717) is 139 Å².